The van der Waals surface area contributed by atoms with Gasteiger partial charge in [-0.1, -0.05) is 108 Å². The van der Waals surface area contributed by atoms with Crippen molar-refractivity contribution in [1.29, 1.82) is 5.41 Å². The summed E-state index contributed by atoms with van der Waals surface area (Å²) in [6.45, 7) is -0.0355. The molecule has 5 atom stereocenters. The molecule has 14 heteroatoms. The van der Waals surface area contributed by atoms with Gasteiger partial charge in [0.05, 0.1) is 30.9 Å². The summed E-state index contributed by atoms with van der Waals surface area (Å²) in [5, 5.41) is 8.32. The van der Waals surface area contributed by atoms with Crippen LogP contribution in [0, 0.1) is 5.41 Å². The van der Waals surface area contributed by atoms with Gasteiger partial charge in [-0.3, -0.25) is 24.7 Å². The van der Waals surface area contributed by atoms with Crippen molar-refractivity contribution in [2.24, 2.45) is 0 Å². The van der Waals surface area contributed by atoms with E-state index in [1.807, 2.05) is 60.7 Å². The van der Waals surface area contributed by atoms with E-state index in [2.05, 4.69) is 0 Å². The van der Waals surface area contributed by atoms with Gasteiger partial charge in [0, 0.05) is 0 Å². The van der Waals surface area contributed by atoms with Crippen LogP contribution in [0.3, 0.4) is 0 Å². The fraction of sp³-hybridized carbons (Fsp3) is 0.312. The van der Waals surface area contributed by atoms with Crippen molar-refractivity contribution in [3.63, 3.8) is 0 Å². The minimum Gasteiger partial charge on any atom is -0.456 e. The highest BCUT2D eigenvalue weighted by atomic mass is 35.6. The zero-order chi connectivity index (χ0) is 32.8. The van der Waals surface area contributed by atoms with Crippen LogP contribution in [0.2, 0.25) is 0 Å². The third-order valence-electron chi connectivity index (χ3n) is 7.29. The highest BCUT2D eigenvalue weighted by molar-refractivity contribution is 6.76. The molecular weight excluding hydrogens is 682 g/mol. The van der Waals surface area contributed by atoms with Crippen molar-refractivity contribution in [3.05, 3.63) is 107 Å². The maximum absolute atomic E-state index is 13.8. The number of nitrogens with one attached hydrogen (secondary N) is 1. The lowest BCUT2D eigenvalue weighted by Gasteiger charge is -2.47. The molecule has 1 fully saturated rings. The van der Waals surface area contributed by atoms with Gasteiger partial charge in [-0.25, -0.2) is 0 Å². The van der Waals surface area contributed by atoms with Crippen LogP contribution in [0.15, 0.2) is 84.9 Å². The molecule has 0 aromatic heterocycles. The zero-order valence-corrected chi connectivity index (χ0v) is 27.0. The monoisotopic (exact) mass is 708 g/mol. The molecule has 0 aliphatic carbocycles. The van der Waals surface area contributed by atoms with Crippen LogP contribution in [-0.2, 0) is 41.7 Å². The van der Waals surface area contributed by atoms with Gasteiger partial charge in [-0.2, -0.15) is 0 Å². The predicted octanol–water partition coefficient (Wildman–Crippen LogP) is 5.69. The molecule has 0 unspecified atom stereocenters. The fourth-order valence-electron chi connectivity index (χ4n) is 5.21. The minimum atomic E-state index is -2.32. The number of esters is 1. The van der Waals surface area contributed by atoms with Crippen LogP contribution < -0.4 is 0 Å². The van der Waals surface area contributed by atoms with Gasteiger partial charge in [-0.05, 0) is 23.3 Å². The number of imide groups is 1. The van der Waals surface area contributed by atoms with Crippen molar-refractivity contribution in [2.45, 2.75) is 47.7 Å². The lowest BCUT2D eigenvalue weighted by atomic mass is 9.94. The minimum absolute atomic E-state index is 0.0354. The summed E-state index contributed by atoms with van der Waals surface area (Å²) < 4.78 is 27.8. The number of nitrogens with zero attached hydrogens (tertiary/aromatic N) is 1. The van der Waals surface area contributed by atoms with E-state index in [1.54, 1.807) is 12.1 Å². The first-order chi connectivity index (χ1) is 22.1. The number of carbonyl (C=O) groups is 3. The molecule has 3 aromatic rings. The molecule has 2 aliphatic rings. The average molecular weight is 710 g/mol. The third-order valence-corrected chi connectivity index (χ3v) is 8.02. The van der Waals surface area contributed by atoms with E-state index in [1.165, 1.54) is 12.1 Å². The Balaban J connectivity index is 1.56. The summed E-state index contributed by atoms with van der Waals surface area (Å²) in [4.78, 5) is 41.2. The van der Waals surface area contributed by atoms with E-state index < -0.39 is 64.0 Å². The largest absolute Gasteiger partial charge is 0.456 e. The predicted molar refractivity (Wildman–Crippen MR) is 170 cm³/mol. The van der Waals surface area contributed by atoms with E-state index in [0.29, 0.717) is 0 Å². The second kappa shape index (κ2) is 15.1. The molecule has 2 heterocycles. The van der Waals surface area contributed by atoms with E-state index in [9.17, 15) is 14.4 Å². The first-order valence-electron chi connectivity index (χ1n) is 14.1. The molecule has 1 N–H and O–H groups in total. The Morgan fingerprint density at radius 3 is 1.89 bits per heavy atom. The summed E-state index contributed by atoms with van der Waals surface area (Å²) in [5.41, 5.74) is 1.86. The van der Waals surface area contributed by atoms with E-state index in [0.717, 1.165) is 16.0 Å². The number of halogens is 4. The van der Waals surface area contributed by atoms with Gasteiger partial charge < -0.3 is 23.7 Å². The number of ether oxygens (including phenoxy) is 5. The molecule has 46 heavy (non-hydrogen) atoms. The lowest BCUT2D eigenvalue weighted by molar-refractivity contribution is -0.275. The van der Waals surface area contributed by atoms with Crippen molar-refractivity contribution in [1.82, 2.24) is 4.90 Å². The second-order valence-corrected chi connectivity index (χ2v) is 12.9. The molecule has 5 rings (SSSR count). The fourth-order valence-corrected chi connectivity index (χ4v) is 5.40. The number of carbonyl (C=O) groups excluding carboxylic acids is 3. The van der Waals surface area contributed by atoms with E-state index >= 15 is 0 Å². The number of benzene rings is 3. The van der Waals surface area contributed by atoms with Gasteiger partial charge in [0.25, 0.3) is 15.6 Å². The Hall–Kier alpha value is -3.22. The Morgan fingerprint density at radius 1 is 0.804 bits per heavy atom. The summed E-state index contributed by atoms with van der Waals surface area (Å²) in [5.74, 6) is -3.53. The SMILES string of the molecule is N=C(O[C@@H]1O[C@H](COCc2ccccc2)[C@@H](OC(=O)CCl)[C@H](OCc2ccccc2)[C@H]1N1C(=O)c2ccccc2C1=O)C(Cl)(Cl)Cl. The normalized spacial score (nSPS) is 22.8. The Morgan fingerprint density at radius 2 is 1.35 bits per heavy atom. The molecule has 0 radical (unpaired) electrons. The third kappa shape index (κ3) is 7.83. The number of hydrogen-bond acceptors (Lipinski definition) is 9. The summed E-state index contributed by atoms with van der Waals surface area (Å²) in [7, 11) is 0. The van der Waals surface area contributed by atoms with Crippen LogP contribution in [0.4, 0.5) is 0 Å². The molecule has 1 saturated heterocycles. The molecule has 0 bridgehead atoms. The van der Waals surface area contributed by atoms with E-state index in [4.69, 9.17) is 75.5 Å². The van der Waals surface area contributed by atoms with Gasteiger partial charge in [-0.15, -0.1) is 11.6 Å². The van der Waals surface area contributed by atoms with Crippen molar-refractivity contribution in [2.75, 3.05) is 12.5 Å². The van der Waals surface area contributed by atoms with Crippen LogP contribution in [0.5, 0.6) is 0 Å². The number of rotatable bonds is 11. The van der Waals surface area contributed by atoms with Crippen LogP contribution in [-0.4, -0.2) is 75.5 Å². The van der Waals surface area contributed by atoms with Crippen LogP contribution >= 0.6 is 46.4 Å². The number of alkyl halides is 4. The molecular formula is C32H28Cl4N2O8. The van der Waals surface area contributed by atoms with Gasteiger partial charge in [0.15, 0.2) is 6.10 Å². The van der Waals surface area contributed by atoms with Crippen molar-refractivity contribution in [3.8, 4) is 0 Å². The quantitative estimate of drug-likeness (QED) is 0.0886. The summed E-state index contributed by atoms with van der Waals surface area (Å²) >= 11 is 23.7. The molecule has 0 spiro atoms. The summed E-state index contributed by atoms with van der Waals surface area (Å²) in [6, 6.07) is 23.2. The second-order valence-electron chi connectivity index (χ2n) is 10.4. The lowest BCUT2D eigenvalue weighted by Crippen LogP contribution is -2.67. The molecule has 242 valence electrons. The molecule has 10 nitrogen and oxygen atoms in total. The van der Waals surface area contributed by atoms with Gasteiger partial charge in [0.2, 0.25) is 12.2 Å². The topological polar surface area (TPSA) is 124 Å². The van der Waals surface area contributed by atoms with Crippen molar-refractivity contribution < 1.29 is 38.1 Å². The first-order valence-corrected chi connectivity index (χ1v) is 15.7. The van der Waals surface area contributed by atoms with Crippen molar-refractivity contribution >= 4 is 70.1 Å². The maximum Gasteiger partial charge on any atom is 0.321 e. The first kappa shape index (κ1) is 34.1. The zero-order valence-electron chi connectivity index (χ0n) is 24.0. The molecule has 3 aromatic carbocycles. The van der Waals surface area contributed by atoms with E-state index in [-0.39, 0.29) is 30.9 Å². The van der Waals surface area contributed by atoms with Crippen LogP contribution in [0.25, 0.3) is 0 Å². The number of amides is 2. The van der Waals surface area contributed by atoms with Crippen LogP contribution in [0.1, 0.15) is 31.8 Å². The maximum atomic E-state index is 13.8. The molecule has 2 amide bonds. The highest BCUT2D eigenvalue weighted by Crippen LogP contribution is 2.38. The Labute approximate surface area is 284 Å². The average Bonchev–Trinajstić information content (AvgIpc) is 3.30. The Kier molecular flexibility index (Phi) is 11.2. The molecule has 0 saturated carbocycles. The van der Waals surface area contributed by atoms with Gasteiger partial charge >= 0.3 is 5.97 Å². The Bertz CT molecular complexity index is 1520. The van der Waals surface area contributed by atoms with Gasteiger partial charge in [0.1, 0.15) is 24.1 Å². The number of hydrogen-bond donors (Lipinski definition) is 1. The number of fused-ring (bicyclic) bond motifs is 1. The highest BCUT2D eigenvalue weighted by Gasteiger charge is 2.57. The standard InChI is InChI=1S/C32H28Cl4N2O8/c33-15-24(39)45-26-23(18-42-16-19-9-3-1-4-10-19)44-30(46-31(37)32(34,35)36)25(27(26)43-17-20-11-5-2-6-12-20)38-28(40)21-13-7-8-14-22(21)29(38)41/h1-14,23,25-27,30,37H,15-18H2/t23-,25-,26-,27-,30+/m1/s1. The molecule has 2 aliphatic heterocycles. The summed E-state index contributed by atoms with van der Waals surface area (Å²) in [6.07, 6.45) is -5.30. The smallest absolute Gasteiger partial charge is 0.321 e.